The molecule has 3 nitrogen and oxygen atoms in total. The largest absolute Gasteiger partial charge is 0.507 e. The van der Waals surface area contributed by atoms with Gasteiger partial charge in [-0.15, -0.1) is 0 Å². The second-order valence-electron chi connectivity index (χ2n) is 4.56. The maximum atomic E-state index is 12.6. The van der Waals surface area contributed by atoms with Crippen molar-refractivity contribution in [3.05, 3.63) is 63.5 Å². The van der Waals surface area contributed by atoms with E-state index in [1.807, 2.05) is 30.3 Å². The lowest BCUT2D eigenvalue weighted by Crippen LogP contribution is -2.27. The molecule has 0 bridgehead atoms. The normalized spacial score (nSPS) is 16.6. The Balaban J connectivity index is 1.97. The van der Waals surface area contributed by atoms with E-state index >= 15 is 0 Å². The lowest BCUT2D eigenvalue weighted by Gasteiger charge is -2.13. The Morgan fingerprint density at radius 3 is 2.64 bits per heavy atom. The number of benzene rings is 2. The van der Waals surface area contributed by atoms with Gasteiger partial charge in [0.05, 0.1) is 10.6 Å². The number of thiocarbonyl (C=S) groups is 1. The van der Waals surface area contributed by atoms with Crippen molar-refractivity contribution in [3.8, 4) is 5.75 Å². The number of rotatable bonds is 2. The maximum absolute atomic E-state index is 12.6. The number of phenols is 1. The molecule has 0 spiro atoms. The molecular weight excluding hydrogens is 382 g/mol. The van der Waals surface area contributed by atoms with Crippen molar-refractivity contribution in [2.24, 2.45) is 0 Å². The summed E-state index contributed by atoms with van der Waals surface area (Å²) in [5, 5.41) is 9.90. The van der Waals surface area contributed by atoms with Crippen LogP contribution in [0.4, 0.5) is 5.69 Å². The molecule has 22 heavy (non-hydrogen) atoms. The van der Waals surface area contributed by atoms with E-state index in [0.29, 0.717) is 14.8 Å². The Morgan fingerprint density at radius 2 is 1.91 bits per heavy atom. The molecule has 1 N–H and O–H groups in total. The van der Waals surface area contributed by atoms with Crippen LogP contribution in [0.25, 0.3) is 6.08 Å². The second kappa shape index (κ2) is 6.24. The Kier molecular flexibility index (Phi) is 4.33. The third-order valence-corrected chi connectivity index (χ3v) is 4.88. The number of carbonyl (C=O) groups is 1. The number of phenolic OH excluding ortho intramolecular Hbond substituents is 1. The van der Waals surface area contributed by atoms with Gasteiger partial charge < -0.3 is 5.11 Å². The first-order valence-corrected chi connectivity index (χ1v) is 8.39. The fraction of sp³-hybridized carbons (Fsp3) is 0. The summed E-state index contributed by atoms with van der Waals surface area (Å²) in [5.74, 6) is -0.0613. The zero-order valence-corrected chi connectivity index (χ0v) is 14.4. The van der Waals surface area contributed by atoms with Crippen molar-refractivity contribution < 1.29 is 9.90 Å². The number of hydrogen-bond donors (Lipinski definition) is 1. The average molecular weight is 392 g/mol. The van der Waals surface area contributed by atoms with Gasteiger partial charge in [-0.25, -0.2) is 0 Å². The smallest absolute Gasteiger partial charge is 0.270 e. The first kappa shape index (κ1) is 15.3. The van der Waals surface area contributed by atoms with Crippen molar-refractivity contribution in [1.82, 2.24) is 0 Å². The van der Waals surface area contributed by atoms with Crippen LogP contribution in [0.3, 0.4) is 0 Å². The third kappa shape index (κ3) is 2.95. The van der Waals surface area contributed by atoms with Crippen molar-refractivity contribution >= 4 is 61.9 Å². The summed E-state index contributed by atoms with van der Waals surface area (Å²) in [6.07, 6.45) is 1.66. The number of thioether (sulfide) groups is 1. The number of carbonyl (C=O) groups excluding carboxylic acids is 1. The summed E-state index contributed by atoms with van der Waals surface area (Å²) >= 11 is 9.89. The molecule has 0 atom stereocenters. The molecule has 1 saturated heterocycles. The quantitative estimate of drug-likeness (QED) is 0.601. The molecule has 0 saturated carbocycles. The van der Waals surface area contributed by atoms with E-state index in [4.69, 9.17) is 12.2 Å². The molecule has 1 heterocycles. The molecule has 3 rings (SSSR count). The van der Waals surface area contributed by atoms with E-state index in [9.17, 15) is 9.90 Å². The van der Waals surface area contributed by atoms with Crippen molar-refractivity contribution in [2.75, 3.05) is 4.90 Å². The van der Waals surface area contributed by atoms with E-state index in [0.717, 1.165) is 10.2 Å². The molecular formula is C16H10BrNO2S2. The van der Waals surface area contributed by atoms with Crippen LogP contribution in [0.2, 0.25) is 0 Å². The molecule has 1 aliphatic heterocycles. The molecule has 0 unspecified atom stereocenters. The first-order valence-electron chi connectivity index (χ1n) is 6.38. The lowest BCUT2D eigenvalue weighted by molar-refractivity contribution is -0.113. The Bertz CT molecular complexity index is 790. The fourth-order valence-corrected chi connectivity index (χ4v) is 3.72. The molecule has 6 heteroatoms. The minimum atomic E-state index is -0.180. The molecule has 1 fully saturated rings. The standard InChI is InChI=1S/C16H10BrNO2S2/c17-11-6-7-13(19)10(8-11)9-14-15(20)18(16(21)22-14)12-4-2-1-3-5-12/h1-9,19H/b14-9+. The fourth-order valence-electron chi connectivity index (χ4n) is 2.05. The number of nitrogens with zero attached hydrogens (tertiary/aromatic N) is 1. The lowest BCUT2D eigenvalue weighted by atomic mass is 10.2. The average Bonchev–Trinajstić information content (AvgIpc) is 2.78. The summed E-state index contributed by atoms with van der Waals surface area (Å²) in [5.41, 5.74) is 1.31. The minimum Gasteiger partial charge on any atom is -0.507 e. The summed E-state index contributed by atoms with van der Waals surface area (Å²) in [6, 6.07) is 14.3. The monoisotopic (exact) mass is 391 g/mol. The van der Waals surface area contributed by atoms with E-state index in [2.05, 4.69) is 15.9 Å². The number of amides is 1. The zero-order chi connectivity index (χ0) is 15.7. The molecule has 0 radical (unpaired) electrons. The van der Waals surface area contributed by atoms with Crippen LogP contribution in [0.15, 0.2) is 57.9 Å². The van der Waals surface area contributed by atoms with Gasteiger partial charge in [-0.3, -0.25) is 9.69 Å². The molecule has 1 amide bonds. The van der Waals surface area contributed by atoms with Gasteiger partial charge in [-0.1, -0.05) is 58.1 Å². The SMILES string of the molecule is O=C1/C(=C\c2cc(Br)ccc2O)SC(=S)N1c1ccccc1. The van der Waals surface area contributed by atoms with E-state index in [-0.39, 0.29) is 11.7 Å². The maximum Gasteiger partial charge on any atom is 0.270 e. The van der Waals surface area contributed by atoms with Gasteiger partial charge in [-0.2, -0.15) is 0 Å². The highest BCUT2D eigenvalue weighted by molar-refractivity contribution is 9.10. The molecule has 0 aliphatic carbocycles. The van der Waals surface area contributed by atoms with Crippen LogP contribution in [0, 0.1) is 0 Å². The first-order chi connectivity index (χ1) is 10.6. The van der Waals surface area contributed by atoms with Gasteiger partial charge in [0, 0.05) is 10.0 Å². The second-order valence-corrected chi connectivity index (χ2v) is 7.15. The van der Waals surface area contributed by atoms with Crippen LogP contribution in [0.1, 0.15) is 5.56 Å². The van der Waals surface area contributed by atoms with Crippen LogP contribution >= 0.6 is 39.9 Å². The van der Waals surface area contributed by atoms with Crippen molar-refractivity contribution in [1.29, 1.82) is 0 Å². The predicted octanol–water partition coefficient (Wildman–Crippen LogP) is 4.56. The van der Waals surface area contributed by atoms with E-state index < -0.39 is 0 Å². The summed E-state index contributed by atoms with van der Waals surface area (Å²) in [6.45, 7) is 0. The van der Waals surface area contributed by atoms with Crippen molar-refractivity contribution in [3.63, 3.8) is 0 Å². The molecule has 1 aliphatic rings. The van der Waals surface area contributed by atoms with E-state index in [1.165, 1.54) is 16.7 Å². The van der Waals surface area contributed by atoms with Crippen LogP contribution < -0.4 is 4.90 Å². The number of anilines is 1. The number of halogens is 1. The highest BCUT2D eigenvalue weighted by atomic mass is 79.9. The minimum absolute atomic E-state index is 0.119. The molecule has 0 aromatic heterocycles. The third-order valence-electron chi connectivity index (χ3n) is 3.08. The van der Waals surface area contributed by atoms with E-state index in [1.54, 1.807) is 24.3 Å². The van der Waals surface area contributed by atoms with Gasteiger partial charge in [0.25, 0.3) is 5.91 Å². The predicted molar refractivity (Wildman–Crippen MR) is 97.9 cm³/mol. The number of hydrogen-bond acceptors (Lipinski definition) is 4. The molecule has 2 aromatic carbocycles. The topological polar surface area (TPSA) is 40.5 Å². The summed E-state index contributed by atoms with van der Waals surface area (Å²) in [4.78, 5) is 14.6. The Hall–Kier alpha value is -1.63. The number of para-hydroxylation sites is 1. The van der Waals surface area contributed by atoms with Gasteiger partial charge in [0.2, 0.25) is 0 Å². The van der Waals surface area contributed by atoms with Crippen molar-refractivity contribution in [2.45, 2.75) is 0 Å². The zero-order valence-electron chi connectivity index (χ0n) is 11.2. The number of aromatic hydroxyl groups is 1. The molecule has 110 valence electrons. The van der Waals surface area contributed by atoms with Gasteiger partial charge in [-0.05, 0) is 36.4 Å². The summed E-state index contributed by atoms with van der Waals surface area (Å²) in [7, 11) is 0. The highest BCUT2D eigenvalue weighted by Crippen LogP contribution is 2.37. The van der Waals surface area contributed by atoms with Crippen LogP contribution in [0.5, 0.6) is 5.75 Å². The Morgan fingerprint density at radius 1 is 1.18 bits per heavy atom. The Labute approximate surface area is 145 Å². The molecule has 2 aromatic rings. The highest BCUT2D eigenvalue weighted by Gasteiger charge is 2.33. The van der Waals surface area contributed by atoms with Crippen LogP contribution in [-0.4, -0.2) is 15.3 Å². The van der Waals surface area contributed by atoms with Gasteiger partial charge >= 0.3 is 0 Å². The van der Waals surface area contributed by atoms with Gasteiger partial charge in [0.15, 0.2) is 4.32 Å². The van der Waals surface area contributed by atoms with Gasteiger partial charge in [0.1, 0.15) is 5.75 Å². The summed E-state index contributed by atoms with van der Waals surface area (Å²) < 4.78 is 1.31. The van der Waals surface area contributed by atoms with Crippen LogP contribution in [-0.2, 0) is 4.79 Å².